The number of carbonyl (C=O) groups is 1. The van der Waals surface area contributed by atoms with Gasteiger partial charge in [0, 0.05) is 18.2 Å². The third-order valence-corrected chi connectivity index (χ3v) is 2.09. The molecule has 1 unspecified atom stereocenters. The van der Waals surface area contributed by atoms with Crippen LogP contribution in [0, 0.1) is 11.6 Å². The van der Waals surface area contributed by atoms with Gasteiger partial charge in [0.15, 0.2) is 11.6 Å². The van der Waals surface area contributed by atoms with Gasteiger partial charge in [0.05, 0.1) is 6.61 Å². The van der Waals surface area contributed by atoms with E-state index in [0.717, 1.165) is 6.07 Å². The molecule has 0 radical (unpaired) electrons. The molecule has 1 rings (SSSR count). The van der Waals surface area contributed by atoms with Gasteiger partial charge in [-0.25, -0.2) is 8.78 Å². The zero-order valence-electron chi connectivity index (χ0n) is 8.54. The molecule has 0 aliphatic heterocycles. The van der Waals surface area contributed by atoms with Gasteiger partial charge < -0.3 is 15.6 Å². The summed E-state index contributed by atoms with van der Waals surface area (Å²) < 4.78 is 31.4. The summed E-state index contributed by atoms with van der Waals surface area (Å²) in [5.74, 6) is -3.79. The van der Waals surface area contributed by atoms with Gasteiger partial charge in [-0.15, -0.1) is 0 Å². The van der Waals surface area contributed by atoms with Gasteiger partial charge >= 0.3 is 5.97 Å². The van der Waals surface area contributed by atoms with Gasteiger partial charge in [0.25, 0.3) is 0 Å². The standard InChI is InChI=1S/C10H11F2NO3/c1-16-4-5-2-3-6(8(12)7(5)11)9(13)10(14)15/h2-3,9H,4,13H2,1H3,(H,14,15). The normalized spacial score (nSPS) is 12.5. The fraction of sp³-hybridized carbons (Fsp3) is 0.300. The maximum Gasteiger partial charge on any atom is 0.325 e. The third kappa shape index (κ3) is 2.34. The first-order valence-corrected chi connectivity index (χ1v) is 4.43. The highest BCUT2D eigenvalue weighted by atomic mass is 19.2. The van der Waals surface area contributed by atoms with Crippen molar-refractivity contribution < 1.29 is 23.4 Å². The van der Waals surface area contributed by atoms with Crippen LogP contribution in [-0.4, -0.2) is 18.2 Å². The topological polar surface area (TPSA) is 72.5 Å². The summed E-state index contributed by atoms with van der Waals surface area (Å²) in [5.41, 5.74) is 4.82. The van der Waals surface area contributed by atoms with Gasteiger partial charge in [-0.2, -0.15) is 0 Å². The quantitative estimate of drug-likeness (QED) is 0.816. The third-order valence-electron chi connectivity index (χ3n) is 2.09. The van der Waals surface area contributed by atoms with Crippen molar-refractivity contribution in [1.82, 2.24) is 0 Å². The molecule has 88 valence electrons. The first-order chi connectivity index (χ1) is 7.49. The van der Waals surface area contributed by atoms with Crippen LogP contribution in [0.1, 0.15) is 17.2 Å². The lowest BCUT2D eigenvalue weighted by Crippen LogP contribution is -2.22. The van der Waals surface area contributed by atoms with E-state index in [9.17, 15) is 13.6 Å². The minimum absolute atomic E-state index is 0.0151. The average Bonchev–Trinajstić information content (AvgIpc) is 2.24. The number of benzene rings is 1. The van der Waals surface area contributed by atoms with Crippen molar-refractivity contribution in [3.63, 3.8) is 0 Å². The lowest BCUT2D eigenvalue weighted by atomic mass is 10.0. The molecule has 0 amide bonds. The average molecular weight is 231 g/mol. The van der Waals surface area contributed by atoms with Crippen LogP contribution in [0.25, 0.3) is 0 Å². The molecule has 0 aliphatic carbocycles. The van der Waals surface area contributed by atoms with E-state index in [1.165, 1.54) is 13.2 Å². The van der Waals surface area contributed by atoms with Crippen molar-refractivity contribution in [3.05, 3.63) is 34.9 Å². The molecule has 16 heavy (non-hydrogen) atoms. The Morgan fingerprint density at radius 1 is 1.50 bits per heavy atom. The van der Waals surface area contributed by atoms with E-state index in [-0.39, 0.29) is 17.7 Å². The van der Waals surface area contributed by atoms with Crippen LogP contribution < -0.4 is 5.73 Å². The second kappa shape index (κ2) is 5.00. The Bertz CT molecular complexity index is 409. The van der Waals surface area contributed by atoms with Crippen LogP contribution in [0.15, 0.2) is 12.1 Å². The molecular weight excluding hydrogens is 220 g/mol. The summed E-state index contributed by atoms with van der Waals surface area (Å²) in [7, 11) is 1.34. The summed E-state index contributed by atoms with van der Waals surface area (Å²) >= 11 is 0. The maximum atomic E-state index is 13.4. The van der Waals surface area contributed by atoms with E-state index in [4.69, 9.17) is 10.8 Å². The van der Waals surface area contributed by atoms with E-state index in [2.05, 4.69) is 4.74 Å². The summed E-state index contributed by atoms with van der Waals surface area (Å²) in [4.78, 5) is 10.5. The molecule has 3 N–H and O–H groups in total. The Labute approximate surface area is 90.6 Å². The van der Waals surface area contributed by atoms with Gasteiger partial charge in [-0.05, 0) is 0 Å². The number of halogens is 2. The van der Waals surface area contributed by atoms with Gasteiger partial charge in [0.1, 0.15) is 6.04 Å². The second-order valence-electron chi connectivity index (χ2n) is 3.19. The number of hydrogen-bond donors (Lipinski definition) is 2. The predicted octanol–water partition coefficient (Wildman–Crippen LogP) is 1.20. The summed E-state index contributed by atoms with van der Waals surface area (Å²) in [6.45, 7) is -0.0919. The molecule has 0 fully saturated rings. The molecule has 0 saturated carbocycles. The highest BCUT2D eigenvalue weighted by molar-refractivity contribution is 5.75. The number of carboxylic acid groups (broad SMARTS) is 1. The van der Waals surface area contributed by atoms with Crippen molar-refractivity contribution in [2.75, 3.05) is 7.11 Å². The zero-order chi connectivity index (χ0) is 12.3. The van der Waals surface area contributed by atoms with Crippen LogP contribution in [-0.2, 0) is 16.1 Å². The Balaban J connectivity index is 3.16. The molecule has 1 atom stereocenters. The highest BCUT2D eigenvalue weighted by Gasteiger charge is 2.22. The SMILES string of the molecule is COCc1ccc(C(N)C(=O)O)c(F)c1F. The Hall–Kier alpha value is -1.53. The van der Waals surface area contributed by atoms with E-state index in [1.807, 2.05) is 0 Å². The lowest BCUT2D eigenvalue weighted by molar-refractivity contribution is -0.138. The van der Waals surface area contributed by atoms with Crippen LogP contribution in [0.3, 0.4) is 0 Å². The number of nitrogens with two attached hydrogens (primary N) is 1. The van der Waals surface area contributed by atoms with Crippen molar-refractivity contribution in [1.29, 1.82) is 0 Å². The molecule has 1 aromatic carbocycles. The van der Waals surface area contributed by atoms with Gasteiger partial charge in [-0.1, -0.05) is 12.1 Å². The Kier molecular flexibility index (Phi) is 3.92. The number of rotatable bonds is 4. The molecule has 0 bridgehead atoms. The molecule has 1 aromatic rings. The van der Waals surface area contributed by atoms with Crippen LogP contribution in [0.4, 0.5) is 8.78 Å². The van der Waals surface area contributed by atoms with Crippen molar-refractivity contribution in [3.8, 4) is 0 Å². The molecule has 4 nitrogen and oxygen atoms in total. The highest BCUT2D eigenvalue weighted by Crippen LogP contribution is 2.21. The molecule has 6 heteroatoms. The van der Waals surface area contributed by atoms with Crippen molar-refractivity contribution in [2.45, 2.75) is 12.6 Å². The van der Waals surface area contributed by atoms with E-state index < -0.39 is 23.6 Å². The molecular formula is C10H11F2NO3. The van der Waals surface area contributed by atoms with Crippen molar-refractivity contribution in [2.24, 2.45) is 5.73 Å². The lowest BCUT2D eigenvalue weighted by Gasteiger charge is -2.10. The van der Waals surface area contributed by atoms with Crippen molar-refractivity contribution >= 4 is 5.97 Å². The summed E-state index contributed by atoms with van der Waals surface area (Å²) in [6.07, 6.45) is 0. The number of aliphatic carboxylic acids is 1. The second-order valence-corrected chi connectivity index (χ2v) is 3.19. The molecule has 0 aliphatic rings. The van der Waals surface area contributed by atoms with Gasteiger partial charge in [0.2, 0.25) is 0 Å². The van der Waals surface area contributed by atoms with E-state index in [1.54, 1.807) is 0 Å². The number of methoxy groups -OCH3 is 1. The fourth-order valence-electron chi connectivity index (χ4n) is 1.24. The van der Waals surface area contributed by atoms with Crippen LogP contribution >= 0.6 is 0 Å². The number of carboxylic acids is 1. The van der Waals surface area contributed by atoms with Gasteiger partial charge in [-0.3, -0.25) is 4.79 Å². The van der Waals surface area contributed by atoms with Crippen LogP contribution in [0.5, 0.6) is 0 Å². The largest absolute Gasteiger partial charge is 0.480 e. The smallest absolute Gasteiger partial charge is 0.325 e. The van der Waals surface area contributed by atoms with Crippen LogP contribution in [0.2, 0.25) is 0 Å². The molecule has 0 spiro atoms. The Morgan fingerprint density at radius 3 is 2.62 bits per heavy atom. The Morgan fingerprint density at radius 2 is 2.12 bits per heavy atom. The first kappa shape index (κ1) is 12.5. The molecule has 0 aromatic heterocycles. The molecule has 0 saturated heterocycles. The zero-order valence-corrected chi connectivity index (χ0v) is 8.54. The van der Waals surface area contributed by atoms with E-state index >= 15 is 0 Å². The fourth-order valence-corrected chi connectivity index (χ4v) is 1.24. The predicted molar refractivity (Wildman–Crippen MR) is 51.6 cm³/mol. The van der Waals surface area contributed by atoms with E-state index in [0.29, 0.717) is 0 Å². The summed E-state index contributed by atoms with van der Waals surface area (Å²) in [5, 5.41) is 8.58. The monoisotopic (exact) mass is 231 g/mol. The summed E-state index contributed by atoms with van der Waals surface area (Å²) in [6, 6.07) is 0.817. The minimum Gasteiger partial charge on any atom is -0.480 e. The maximum absolute atomic E-state index is 13.4. The number of hydrogen-bond acceptors (Lipinski definition) is 3. The first-order valence-electron chi connectivity index (χ1n) is 4.43. The number of ether oxygens (including phenoxy) is 1. The minimum atomic E-state index is -1.58. The molecule has 0 heterocycles.